The van der Waals surface area contributed by atoms with Crippen LogP contribution >= 0.6 is 0 Å². The van der Waals surface area contributed by atoms with Crippen LogP contribution in [0.2, 0.25) is 0 Å². The standard InChI is InChI=1S/C15H12O6/c1-8(16)20-13-5-3-4-10-6-12(15(18)19)14(7-11(10)13)21-9(2)17/h3-7H,1-2H3,(H,18,19). The molecular weight excluding hydrogens is 276 g/mol. The third-order valence-corrected chi connectivity index (χ3v) is 2.68. The third kappa shape index (κ3) is 3.17. The van der Waals surface area contributed by atoms with Gasteiger partial charge in [-0.2, -0.15) is 0 Å². The monoisotopic (exact) mass is 288 g/mol. The maximum Gasteiger partial charge on any atom is 0.339 e. The van der Waals surface area contributed by atoms with E-state index in [2.05, 4.69) is 0 Å². The second-order valence-electron chi connectivity index (χ2n) is 4.32. The molecule has 1 N–H and O–H groups in total. The van der Waals surface area contributed by atoms with Crippen LogP contribution < -0.4 is 9.47 Å². The molecule has 2 rings (SSSR count). The van der Waals surface area contributed by atoms with Crippen molar-refractivity contribution in [2.75, 3.05) is 0 Å². The Balaban J connectivity index is 2.69. The lowest BCUT2D eigenvalue weighted by atomic mass is 10.0. The van der Waals surface area contributed by atoms with Gasteiger partial charge in [-0.1, -0.05) is 12.1 Å². The van der Waals surface area contributed by atoms with E-state index < -0.39 is 17.9 Å². The molecule has 0 heterocycles. The van der Waals surface area contributed by atoms with E-state index in [1.165, 1.54) is 26.0 Å². The SMILES string of the molecule is CC(=O)Oc1cc2c(OC(C)=O)cccc2cc1C(=O)O. The molecule has 0 saturated carbocycles. The Bertz CT molecular complexity index is 747. The van der Waals surface area contributed by atoms with Crippen LogP contribution in [0, 0.1) is 0 Å². The van der Waals surface area contributed by atoms with Crippen LogP contribution in [0.25, 0.3) is 10.8 Å². The van der Waals surface area contributed by atoms with Gasteiger partial charge in [0.25, 0.3) is 0 Å². The van der Waals surface area contributed by atoms with E-state index in [0.29, 0.717) is 10.8 Å². The third-order valence-electron chi connectivity index (χ3n) is 2.68. The van der Waals surface area contributed by atoms with Crippen molar-refractivity contribution in [2.45, 2.75) is 13.8 Å². The Labute approximate surface area is 119 Å². The van der Waals surface area contributed by atoms with Crippen LogP contribution in [-0.2, 0) is 9.59 Å². The highest BCUT2D eigenvalue weighted by Crippen LogP contribution is 2.32. The van der Waals surface area contributed by atoms with E-state index in [-0.39, 0.29) is 17.1 Å². The second kappa shape index (κ2) is 5.62. The number of rotatable bonds is 3. The van der Waals surface area contributed by atoms with Gasteiger partial charge in [-0.25, -0.2) is 4.79 Å². The summed E-state index contributed by atoms with van der Waals surface area (Å²) >= 11 is 0. The van der Waals surface area contributed by atoms with Crippen molar-refractivity contribution in [3.8, 4) is 11.5 Å². The Morgan fingerprint density at radius 1 is 0.952 bits per heavy atom. The predicted molar refractivity (Wildman–Crippen MR) is 73.5 cm³/mol. The zero-order valence-electron chi connectivity index (χ0n) is 11.4. The number of ether oxygens (including phenoxy) is 2. The van der Waals surface area contributed by atoms with E-state index >= 15 is 0 Å². The lowest BCUT2D eigenvalue weighted by Gasteiger charge is -2.10. The van der Waals surface area contributed by atoms with Crippen LogP contribution in [0.3, 0.4) is 0 Å². The maximum absolute atomic E-state index is 11.2. The summed E-state index contributed by atoms with van der Waals surface area (Å²) < 4.78 is 9.98. The summed E-state index contributed by atoms with van der Waals surface area (Å²) in [7, 11) is 0. The van der Waals surface area contributed by atoms with Gasteiger partial charge in [-0.05, 0) is 23.6 Å². The quantitative estimate of drug-likeness (QED) is 0.689. The number of hydrogen-bond acceptors (Lipinski definition) is 5. The number of benzene rings is 2. The Morgan fingerprint density at radius 2 is 1.57 bits per heavy atom. The number of carboxylic acids is 1. The Morgan fingerprint density at radius 3 is 2.14 bits per heavy atom. The molecule has 0 unspecified atom stereocenters. The van der Waals surface area contributed by atoms with Crippen molar-refractivity contribution in [2.24, 2.45) is 0 Å². The van der Waals surface area contributed by atoms with Gasteiger partial charge in [0.2, 0.25) is 0 Å². The number of carbonyl (C=O) groups excluding carboxylic acids is 2. The number of hydrogen-bond donors (Lipinski definition) is 1. The normalized spacial score (nSPS) is 10.2. The average Bonchev–Trinajstić information content (AvgIpc) is 2.37. The van der Waals surface area contributed by atoms with Crippen molar-refractivity contribution < 1.29 is 29.0 Å². The second-order valence-corrected chi connectivity index (χ2v) is 4.32. The summed E-state index contributed by atoms with van der Waals surface area (Å²) in [4.78, 5) is 33.4. The first-order valence-electron chi connectivity index (χ1n) is 6.05. The van der Waals surface area contributed by atoms with Crippen molar-refractivity contribution in [3.05, 3.63) is 35.9 Å². The molecule has 0 aromatic heterocycles. The first-order chi connectivity index (χ1) is 9.88. The predicted octanol–water partition coefficient (Wildman–Crippen LogP) is 2.39. The van der Waals surface area contributed by atoms with E-state index in [0.717, 1.165) is 0 Å². The van der Waals surface area contributed by atoms with Crippen molar-refractivity contribution in [3.63, 3.8) is 0 Å². The molecule has 0 aliphatic heterocycles. The molecule has 0 atom stereocenters. The van der Waals surface area contributed by atoms with Crippen LogP contribution in [0.5, 0.6) is 11.5 Å². The fraction of sp³-hybridized carbons (Fsp3) is 0.133. The molecular formula is C15H12O6. The highest BCUT2D eigenvalue weighted by atomic mass is 16.5. The highest BCUT2D eigenvalue weighted by Gasteiger charge is 2.16. The van der Waals surface area contributed by atoms with Gasteiger partial charge < -0.3 is 14.6 Å². The minimum Gasteiger partial charge on any atom is -0.478 e. The van der Waals surface area contributed by atoms with Crippen molar-refractivity contribution in [1.29, 1.82) is 0 Å². The van der Waals surface area contributed by atoms with Crippen molar-refractivity contribution >= 4 is 28.7 Å². The summed E-state index contributed by atoms with van der Waals surface area (Å²) in [6.45, 7) is 2.44. The van der Waals surface area contributed by atoms with Gasteiger partial charge in [0.1, 0.15) is 17.1 Å². The Kier molecular flexibility index (Phi) is 3.89. The molecule has 21 heavy (non-hydrogen) atoms. The summed E-state index contributed by atoms with van der Waals surface area (Å²) in [5.41, 5.74) is -0.141. The fourth-order valence-electron chi connectivity index (χ4n) is 1.93. The summed E-state index contributed by atoms with van der Waals surface area (Å²) in [6.07, 6.45) is 0. The molecule has 2 aromatic rings. The number of aromatic carboxylic acids is 1. The molecule has 0 fully saturated rings. The van der Waals surface area contributed by atoms with Gasteiger partial charge in [0.15, 0.2) is 0 Å². The van der Waals surface area contributed by atoms with Gasteiger partial charge in [0, 0.05) is 19.2 Å². The average molecular weight is 288 g/mol. The van der Waals surface area contributed by atoms with Crippen molar-refractivity contribution in [1.82, 2.24) is 0 Å². The van der Waals surface area contributed by atoms with Crippen LogP contribution in [0.4, 0.5) is 0 Å². The first-order valence-corrected chi connectivity index (χ1v) is 6.05. The van der Waals surface area contributed by atoms with Gasteiger partial charge in [-0.15, -0.1) is 0 Å². The smallest absolute Gasteiger partial charge is 0.339 e. The molecule has 0 aliphatic carbocycles. The first kappa shape index (κ1) is 14.5. The van der Waals surface area contributed by atoms with Crippen LogP contribution in [0.1, 0.15) is 24.2 Å². The molecule has 0 spiro atoms. The van der Waals surface area contributed by atoms with Gasteiger partial charge in [-0.3, -0.25) is 9.59 Å². The summed E-state index contributed by atoms with van der Waals surface area (Å²) in [6, 6.07) is 7.62. The minimum absolute atomic E-state index is 0.0953. The Hall–Kier alpha value is -2.89. The molecule has 0 aliphatic rings. The van der Waals surface area contributed by atoms with E-state index in [9.17, 15) is 19.5 Å². The van der Waals surface area contributed by atoms with Crippen LogP contribution in [0.15, 0.2) is 30.3 Å². The largest absolute Gasteiger partial charge is 0.478 e. The molecule has 0 saturated heterocycles. The van der Waals surface area contributed by atoms with E-state index in [1.807, 2.05) is 0 Å². The highest BCUT2D eigenvalue weighted by molar-refractivity contribution is 6.00. The van der Waals surface area contributed by atoms with Gasteiger partial charge >= 0.3 is 17.9 Å². The van der Waals surface area contributed by atoms with E-state index in [1.54, 1.807) is 18.2 Å². The zero-order valence-corrected chi connectivity index (χ0v) is 11.4. The minimum atomic E-state index is -1.22. The number of esters is 2. The number of carboxylic acid groups (broad SMARTS) is 1. The molecule has 0 radical (unpaired) electrons. The van der Waals surface area contributed by atoms with E-state index in [4.69, 9.17) is 9.47 Å². The lowest BCUT2D eigenvalue weighted by molar-refractivity contribution is -0.132. The molecule has 0 bridgehead atoms. The summed E-state index contributed by atoms with van der Waals surface area (Å²) in [5, 5.41) is 10.2. The fourth-order valence-corrected chi connectivity index (χ4v) is 1.93. The van der Waals surface area contributed by atoms with Crippen LogP contribution in [-0.4, -0.2) is 23.0 Å². The maximum atomic E-state index is 11.2. The molecule has 0 amide bonds. The lowest BCUT2D eigenvalue weighted by Crippen LogP contribution is -2.08. The number of carbonyl (C=O) groups is 3. The number of fused-ring (bicyclic) bond motifs is 1. The molecule has 2 aromatic carbocycles. The summed E-state index contributed by atoms with van der Waals surface area (Å²) in [5.74, 6) is -2.18. The molecule has 6 heteroatoms. The molecule has 108 valence electrons. The molecule has 6 nitrogen and oxygen atoms in total. The topological polar surface area (TPSA) is 89.9 Å². The zero-order chi connectivity index (χ0) is 15.6. The van der Waals surface area contributed by atoms with Gasteiger partial charge in [0.05, 0.1) is 0 Å².